The Morgan fingerprint density at radius 1 is 1.14 bits per heavy atom. The molecule has 21 heavy (non-hydrogen) atoms. The van der Waals surface area contributed by atoms with Crippen LogP contribution in [0.15, 0.2) is 48.5 Å². The Hall–Kier alpha value is -2.33. The molecule has 0 aliphatic rings. The minimum Gasteiger partial charge on any atom is -0.366 e. The molecule has 2 aromatic rings. The molecule has 0 aromatic heterocycles. The SMILES string of the molecule is Cc1cc(N(CCN)Cc2ccccc2)ccc1C(N)=O. The van der Waals surface area contributed by atoms with Gasteiger partial charge >= 0.3 is 0 Å². The highest BCUT2D eigenvalue weighted by Gasteiger charge is 2.10. The van der Waals surface area contributed by atoms with Crippen LogP contribution in [0.5, 0.6) is 0 Å². The smallest absolute Gasteiger partial charge is 0.248 e. The molecule has 0 aliphatic carbocycles. The van der Waals surface area contributed by atoms with Crippen LogP contribution in [0.1, 0.15) is 21.5 Å². The maximum atomic E-state index is 11.3. The van der Waals surface area contributed by atoms with Gasteiger partial charge in [0.1, 0.15) is 0 Å². The Labute approximate surface area is 125 Å². The van der Waals surface area contributed by atoms with Gasteiger partial charge in [0.2, 0.25) is 5.91 Å². The van der Waals surface area contributed by atoms with E-state index in [1.807, 2.05) is 37.3 Å². The zero-order valence-electron chi connectivity index (χ0n) is 12.3. The number of hydrogen-bond acceptors (Lipinski definition) is 3. The highest BCUT2D eigenvalue weighted by atomic mass is 16.1. The number of primary amides is 1. The van der Waals surface area contributed by atoms with Crippen molar-refractivity contribution < 1.29 is 4.79 Å². The number of aryl methyl sites for hydroxylation is 1. The Kier molecular flexibility index (Phi) is 4.95. The number of nitrogens with two attached hydrogens (primary N) is 2. The van der Waals surface area contributed by atoms with Gasteiger partial charge in [0.05, 0.1) is 0 Å². The van der Waals surface area contributed by atoms with Crippen molar-refractivity contribution >= 4 is 11.6 Å². The van der Waals surface area contributed by atoms with Crippen LogP contribution in [0, 0.1) is 6.92 Å². The van der Waals surface area contributed by atoms with Crippen LogP contribution >= 0.6 is 0 Å². The number of benzene rings is 2. The van der Waals surface area contributed by atoms with Gasteiger partial charge < -0.3 is 16.4 Å². The van der Waals surface area contributed by atoms with Crippen LogP contribution in [-0.4, -0.2) is 19.0 Å². The van der Waals surface area contributed by atoms with Crippen LogP contribution in [0.3, 0.4) is 0 Å². The lowest BCUT2D eigenvalue weighted by molar-refractivity contribution is 0.0999. The average molecular weight is 283 g/mol. The van der Waals surface area contributed by atoms with Crippen molar-refractivity contribution in [2.45, 2.75) is 13.5 Å². The monoisotopic (exact) mass is 283 g/mol. The number of amides is 1. The standard InChI is InChI=1S/C17H21N3O/c1-13-11-15(7-8-16(13)17(19)21)20(10-9-18)12-14-5-3-2-4-6-14/h2-8,11H,9-10,12,18H2,1H3,(H2,19,21). The second-order valence-corrected chi connectivity index (χ2v) is 5.06. The third-order valence-electron chi connectivity index (χ3n) is 3.46. The molecule has 0 saturated heterocycles. The van der Waals surface area contributed by atoms with Crippen molar-refractivity contribution in [2.24, 2.45) is 11.5 Å². The molecule has 4 nitrogen and oxygen atoms in total. The largest absolute Gasteiger partial charge is 0.366 e. The maximum absolute atomic E-state index is 11.3. The van der Waals surface area contributed by atoms with Crippen molar-refractivity contribution in [1.29, 1.82) is 0 Å². The molecule has 0 atom stereocenters. The quantitative estimate of drug-likeness (QED) is 0.852. The van der Waals surface area contributed by atoms with Crippen molar-refractivity contribution in [3.8, 4) is 0 Å². The van der Waals surface area contributed by atoms with Gasteiger partial charge in [-0.1, -0.05) is 30.3 Å². The molecule has 0 aliphatic heterocycles. The first-order valence-electron chi connectivity index (χ1n) is 7.01. The van der Waals surface area contributed by atoms with E-state index in [0.29, 0.717) is 12.1 Å². The van der Waals surface area contributed by atoms with Gasteiger partial charge in [-0.25, -0.2) is 0 Å². The van der Waals surface area contributed by atoms with Gasteiger partial charge in [-0.3, -0.25) is 4.79 Å². The minimum atomic E-state index is -0.396. The van der Waals surface area contributed by atoms with Crippen LogP contribution in [0.4, 0.5) is 5.69 Å². The second-order valence-electron chi connectivity index (χ2n) is 5.06. The molecule has 4 heteroatoms. The minimum absolute atomic E-state index is 0.396. The zero-order valence-corrected chi connectivity index (χ0v) is 12.3. The van der Waals surface area contributed by atoms with Gasteiger partial charge in [-0.15, -0.1) is 0 Å². The van der Waals surface area contributed by atoms with Gasteiger partial charge in [0, 0.05) is 30.9 Å². The molecule has 4 N–H and O–H groups in total. The summed E-state index contributed by atoms with van der Waals surface area (Å²) in [6, 6.07) is 15.9. The van der Waals surface area contributed by atoms with E-state index < -0.39 is 5.91 Å². The predicted octanol–water partition coefficient (Wildman–Crippen LogP) is 2.06. The summed E-state index contributed by atoms with van der Waals surface area (Å²) < 4.78 is 0. The first-order chi connectivity index (χ1) is 10.1. The Morgan fingerprint density at radius 2 is 1.86 bits per heavy atom. The summed E-state index contributed by atoms with van der Waals surface area (Å²) in [5, 5.41) is 0. The fraction of sp³-hybridized carbons (Fsp3) is 0.235. The maximum Gasteiger partial charge on any atom is 0.248 e. The molecule has 2 rings (SSSR count). The Bertz CT molecular complexity index is 611. The van der Waals surface area contributed by atoms with Gasteiger partial charge in [0.15, 0.2) is 0 Å². The molecular weight excluding hydrogens is 262 g/mol. The molecule has 0 radical (unpaired) electrons. The van der Waals surface area contributed by atoms with E-state index in [2.05, 4.69) is 17.0 Å². The van der Waals surface area contributed by atoms with Crippen LogP contribution in [0.2, 0.25) is 0 Å². The van der Waals surface area contributed by atoms with E-state index in [1.54, 1.807) is 6.07 Å². The molecular formula is C17H21N3O. The number of rotatable bonds is 6. The summed E-state index contributed by atoms with van der Waals surface area (Å²) in [5.41, 5.74) is 14.8. The number of anilines is 1. The van der Waals surface area contributed by atoms with E-state index in [1.165, 1.54) is 5.56 Å². The Balaban J connectivity index is 2.26. The lowest BCUT2D eigenvalue weighted by Gasteiger charge is -2.25. The summed E-state index contributed by atoms with van der Waals surface area (Å²) in [6.07, 6.45) is 0. The molecule has 0 bridgehead atoms. The molecule has 0 unspecified atom stereocenters. The number of hydrogen-bond donors (Lipinski definition) is 2. The zero-order chi connectivity index (χ0) is 15.2. The number of carbonyl (C=O) groups is 1. The van der Waals surface area contributed by atoms with Gasteiger partial charge in [-0.05, 0) is 36.2 Å². The summed E-state index contributed by atoms with van der Waals surface area (Å²) >= 11 is 0. The van der Waals surface area contributed by atoms with E-state index in [9.17, 15) is 4.79 Å². The first-order valence-corrected chi connectivity index (χ1v) is 7.01. The lowest BCUT2D eigenvalue weighted by Crippen LogP contribution is -2.29. The number of carbonyl (C=O) groups excluding carboxylic acids is 1. The van der Waals surface area contributed by atoms with Crippen molar-refractivity contribution in [1.82, 2.24) is 0 Å². The van der Waals surface area contributed by atoms with Crippen LogP contribution in [0.25, 0.3) is 0 Å². The highest BCUT2D eigenvalue weighted by Crippen LogP contribution is 2.21. The van der Waals surface area contributed by atoms with Gasteiger partial charge in [0.25, 0.3) is 0 Å². The van der Waals surface area contributed by atoms with Crippen molar-refractivity contribution in [3.05, 3.63) is 65.2 Å². The van der Waals surface area contributed by atoms with Crippen LogP contribution < -0.4 is 16.4 Å². The van der Waals surface area contributed by atoms with E-state index in [0.717, 1.165) is 24.3 Å². The van der Waals surface area contributed by atoms with E-state index in [4.69, 9.17) is 11.5 Å². The first kappa shape index (κ1) is 15.1. The fourth-order valence-electron chi connectivity index (χ4n) is 2.38. The predicted molar refractivity (Wildman–Crippen MR) is 86.2 cm³/mol. The molecule has 0 fully saturated rings. The van der Waals surface area contributed by atoms with Crippen molar-refractivity contribution in [2.75, 3.05) is 18.0 Å². The number of nitrogens with zero attached hydrogens (tertiary/aromatic N) is 1. The van der Waals surface area contributed by atoms with E-state index in [-0.39, 0.29) is 0 Å². The average Bonchev–Trinajstić information content (AvgIpc) is 2.47. The Morgan fingerprint density at radius 3 is 2.43 bits per heavy atom. The molecule has 0 saturated carbocycles. The molecule has 0 heterocycles. The third kappa shape index (κ3) is 3.83. The molecule has 1 amide bonds. The fourth-order valence-corrected chi connectivity index (χ4v) is 2.38. The van der Waals surface area contributed by atoms with Gasteiger partial charge in [-0.2, -0.15) is 0 Å². The highest BCUT2D eigenvalue weighted by molar-refractivity contribution is 5.94. The molecule has 0 spiro atoms. The van der Waals surface area contributed by atoms with Crippen molar-refractivity contribution in [3.63, 3.8) is 0 Å². The van der Waals surface area contributed by atoms with Crippen LogP contribution in [-0.2, 0) is 6.54 Å². The lowest BCUT2D eigenvalue weighted by atomic mass is 10.1. The summed E-state index contributed by atoms with van der Waals surface area (Å²) in [7, 11) is 0. The third-order valence-corrected chi connectivity index (χ3v) is 3.46. The normalized spacial score (nSPS) is 10.4. The summed E-state index contributed by atoms with van der Waals surface area (Å²) in [6.45, 7) is 4.01. The summed E-state index contributed by atoms with van der Waals surface area (Å²) in [5.74, 6) is -0.396. The summed E-state index contributed by atoms with van der Waals surface area (Å²) in [4.78, 5) is 13.5. The molecule has 2 aromatic carbocycles. The molecule has 110 valence electrons. The second kappa shape index (κ2) is 6.90. The van der Waals surface area contributed by atoms with E-state index >= 15 is 0 Å². The topological polar surface area (TPSA) is 72.3 Å².